The summed E-state index contributed by atoms with van der Waals surface area (Å²) < 4.78 is 13.0. The number of halogens is 1. The molecule has 0 aliphatic heterocycles. The second kappa shape index (κ2) is 3.69. The maximum Gasteiger partial charge on any atom is 0.131 e. The van der Waals surface area contributed by atoms with Crippen LogP contribution >= 0.6 is 0 Å². The molecule has 0 unspecified atom stereocenters. The summed E-state index contributed by atoms with van der Waals surface area (Å²) in [7, 11) is 0. The third-order valence-electron chi connectivity index (χ3n) is 2.20. The highest BCUT2D eigenvalue weighted by atomic mass is 19.1. The standard InChI is InChI=1S/C12H11FN2/c1-8-5-6-11(12(14)15-8)9-3-2-4-10(13)7-9/h2-7H,1H3,(H2,14,15). The first-order chi connectivity index (χ1) is 7.16. The van der Waals surface area contributed by atoms with Crippen molar-refractivity contribution in [1.82, 2.24) is 4.98 Å². The van der Waals surface area contributed by atoms with Gasteiger partial charge in [0, 0.05) is 11.3 Å². The third-order valence-corrected chi connectivity index (χ3v) is 2.20. The van der Waals surface area contributed by atoms with Gasteiger partial charge in [0.15, 0.2) is 0 Å². The highest BCUT2D eigenvalue weighted by Gasteiger charge is 2.04. The molecule has 15 heavy (non-hydrogen) atoms. The van der Waals surface area contributed by atoms with E-state index >= 15 is 0 Å². The van der Waals surface area contributed by atoms with Gasteiger partial charge in [0.1, 0.15) is 11.6 Å². The van der Waals surface area contributed by atoms with E-state index in [2.05, 4.69) is 4.98 Å². The van der Waals surface area contributed by atoms with Crippen molar-refractivity contribution in [3.63, 3.8) is 0 Å². The van der Waals surface area contributed by atoms with Crippen molar-refractivity contribution in [2.45, 2.75) is 6.92 Å². The van der Waals surface area contributed by atoms with E-state index < -0.39 is 0 Å². The molecule has 2 aromatic rings. The van der Waals surface area contributed by atoms with Crippen LogP contribution in [0.2, 0.25) is 0 Å². The largest absolute Gasteiger partial charge is 0.383 e. The first-order valence-corrected chi connectivity index (χ1v) is 4.66. The summed E-state index contributed by atoms with van der Waals surface area (Å²) >= 11 is 0. The number of anilines is 1. The minimum Gasteiger partial charge on any atom is -0.383 e. The highest BCUT2D eigenvalue weighted by Crippen LogP contribution is 2.24. The van der Waals surface area contributed by atoms with Gasteiger partial charge in [-0.15, -0.1) is 0 Å². The van der Waals surface area contributed by atoms with Crippen molar-refractivity contribution in [2.75, 3.05) is 5.73 Å². The van der Waals surface area contributed by atoms with Crippen LogP contribution in [-0.4, -0.2) is 4.98 Å². The lowest BCUT2D eigenvalue weighted by Gasteiger charge is -2.05. The third kappa shape index (κ3) is 1.96. The normalized spacial score (nSPS) is 10.3. The second-order valence-corrected chi connectivity index (χ2v) is 3.40. The van der Waals surface area contributed by atoms with E-state index in [1.165, 1.54) is 12.1 Å². The number of hydrogen-bond acceptors (Lipinski definition) is 2. The van der Waals surface area contributed by atoms with Crippen LogP contribution in [-0.2, 0) is 0 Å². The molecule has 0 aliphatic rings. The Morgan fingerprint density at radius 2 is 2.00 bits per heavy atom. The molecule has 0 saturated heterocycles. The van der Waals surface area contributed by atoms with Crippen LogP contribution in [0.4, 0.5) is 10.2 Å². The molecular formula is C12H11FN2. The molecule has 2 rings (SSSR count). The molecule has 1 heterocycles. The van der Waals surface area contributed by atoms with Crippen molar-refractivity contribution < 1.29 is 4.39 Å². The number of benzene rings is 1. The van der Waals surface area contributed by atoms with Gasteiger partial charge in [-0.2, -0.15) is 0 Å². The average molecular weight is 202 g/mol. The van der Waals surface area contributed by atoms with E-state index in [9.17, 15) is 4.39 Å². The van der Waals surface area contributed by atoms with Gasteiger partial charge < -0.3 is 5.73 Å². The number of aryl methyl sites for hydroxylation is 1. The molecule has 1 aromatic heterocycles. The van der Waals surface area contributed by atoms with Gasteiger partial charge in [-0.3, -0.25) is 0 Å². The molecule has 0 saturated carbocycles. The van der Waals surface area contributed by atoms with Crippen molar-refractivity contribution >= 4 is 5.82 Å². The Morgan fingerprint density at radius 3 is 2.67 bits per heavy atom. The summed E-state index contributed by atoms with van der Waals surface area (Å²) in [5.74, 6) is 0.160. The van der Waals surface area contributed by atoms with E-state index in [0.717, 1.165) is 16.8 Å². The molecule has 0 atom stereocenters. The van der Waals surface area contributed by atoms with Crippen LogP contribution < -0.4 is 5.73 Å². The quantitative estimate of drug-likeness (QED) is 0.772. The monoisotopic (exact) mass is 202 g/mol. The molecule has 0 aliphatic carbocycles. The Labute approximate surface area is 87.6 Å². The molecule has 3 heteroatoms. The molecule has 0 radical (unpaired) electrons. The molecule has 0 fully saturated rings. The number of nitrogen functional groups attached to an aromatic ring is 1. The number of aromatic nitrogens is 1. The van der Waals surface area contributed by atoms with Crippen LogP contribution in [0.3, 0.4) is 0 Å². The fourth-order valence-electron chi connectivity index (χ4n) is 1.48. The summed E-state index contributed by atoms with van der Waals surface area (Å²) in [6.45, 7) is 1.87. The summed E-state index contributed by atoms with van der Waals surface area (Å²) in [5, 5.41) is 0. The Morgan fingerprint density at radius 1 is 1.20 bits per heavy atom. The number of nitrogens with zero attached hydrogens (tertiary/aromatic N) is 1. The van der Waals surface area contributed by atoms with Gasteiger partial charge in [-0.25, -0.2) is 9.37 Å². The van der Waals surface area contributed by atoms with Gasteiger partial charge in [0.2, 0.25) is 0 Å². The minimum atomic E-state index is -0.271. The zero-order valence-corrected chi connectivity index (χ0v) is 8.37. The summed E-state index contributed by atoms with van der Waals surface area (Å²) in [4.78, 5) is 4.13. The molecule has 2 nitrogen and oxygen atoms in total. The maximum absolute atomic E-state index is 13.0. The lowest BCUT2D eigenvalue weighted by atomic mass is 10.1. The fourth-order valence-corrected chi connectivity index (χ4v) is 1.48. The van der Waals surface area contributed by atoms with E-state index in [1.807, 2.05) is 25.1 Å². The number of nitrogens with two attached hydrogens (primary N) is 1. The minimum absolute atomic E-state index is 0.271. The van der Waals surface area contributed by atoms with Gasteiger partial charge in [-0.1, -0.05) is 12.1 Å². The second-order valence-electron chi connectivity index (χ2n) is 3.40. The predicted octanol–water partition coefficient (Wildman–Crippen LogP) is 2.78. The first kappa shape index (κ1) is 9.65. The van der Waals surface area contributed by atoms with Gasteiger partial charge in [0.25, 0.3) is 0 Å². The van der Waals surface area contributed by atoms with E-state index in [4.69, 9.17) is 5.73 Å². The van der Waals surface area contributed by atoms with Crippen molar-refractivity contribution in [1.29, 1.82) is 0 Å². The summed E-state index contributed by atoms with van der Waals surface area (Å²) in [5.41, 5.74) is 8.14. The molecule has 76 valence electrons. The van der Waals surface area contributed by atoms with Crippen LogP contribution in [0.5, 0.6) is 0 Å². The lowest BCUT2D eigenvalue weighted by Crippen LogP contribution is -1.95. The zero-order valence-electron chi connectivity index (χ0n) is 8.37. The van der Waals surface area contributed by atoms with Crippen LogP contribution in [0, 0.1) is 12.7 Å². The predicted molar refractivity (Wildman–Crippen MR) is 58.8 cm³/mol. The maximum atomic E-state index is 13.0. The number of pyridine rings is 1. The zero-order chi connectivity index (χ0) is 10.8. The Hall–Kier alpha value is -1.90. The molecular weight excluding hydrogens is 191 g/mol. The van der Waals surface area contributed by atoms with Crippen molar-refractivity contribution in [2.24, 2.45) is 0 Å². The number of hydrogen-bond donors (Lipinski definition) is 1. The first-order valence-electron chi connectivity index (χ1n) is 4.66. The molecule has 0 spiro atoms. The van der Waals surface area contributed by atoms with Crippen molar-refractivity contribution in [3.05, 3.63) is 47.9 Å². The van der Waals surface area contributed by atoms with E-state index in [0.29, 0.717) is 5.82 Å². The topological polar surface area (TPSA) is 38.9 Å². The fraction of sp³-hybridized carbons (Fsp3) is 0.0833. The summed E-state index contributed by atoms with van der Waals surface area (Å²) in [6.07, 6.45) is 0. The highest BCUT2D eigenvalue weighted by molar-refractivity contribution is 5.73. The Kier molecular flexibility index (Phi) is 2.37. The van der Waals surface area contributed by atoms with Crippen LogP contribution in [0.15, 0.2) is 36.4 Å². The van der Waals surface area contributed by atoms with E-state index in [1.54, 1.807) is 6.07 Å². The molecule has 2 N–H and O–H groups in total. The van der Waals surface area contributed by atoms with Gasteiger partial charge in [-0.05, 0) is 36.8 Å². The van der Waals surface area contributed by atoms with Crippen LogP contribution in [0.1, 0.15) is 5.69 Å². The molecule has 0 bridgehead atoms. The Balaban J connectivity index is 2.54. The van der Waals surface area contributed by atoms with Gasteiger partial charge in [0.05, 0.1) is 0 Å². The lowest BCUT2D eigenvalue weighted by molar-refractivity contribution is 0.628. The summed E-state index contributed by atoms with van der Waals surface area (Å²) in [6, 6.07) is 10.0. The molecule has 0 amide bonds. The van der Waals surface area contributed by atoms with Crippen molar-refractivity contribution in [3.8, 4) is 11.1 Å². The average Bonchev–Trinajstić information content (AvgIpc) is 2.17. The number of rotatable bonds is 1. The van der Waals surface area contributed by atoms with Gasteiger partial charge >= 0.3 is 0 Å². The molecule has 1 aromatic carbocycles. The van der Waals surface area contributed by atoms with E-state index in [-0.39, 0.29) is 5.82 Å². The smallest absolute Gasteiger partial charge is 0.131 e. The Bertz CT molecular complexity index is 495. The van der Waals surface area contributed by atoms with Crippen LogP contribution in [0.25, 0.3) is 11.1 Å². The SMILES string of the molecule is Cc1ccc(-c2cccc(F)c2)c(N)n1.